The van der Waals surface area contributed by atoms with Crippen molar-refractivity contribution in [3.05, 3.63) is 29.6 Å². The molecular formula is C23H34BFN2O5. The van der Waals surface area contributed by atoms with Gasteiger partial charge in [-0.1, -0.05) is 0 Å². The molecule has 2 amide bonds. The third-order valence-corrected chi connectivity index (χ3v) is 6.12. The van der Waals surface area contributed by atoms with Crippen molar-refractivity contribution in [1.29, 1.82) is 0 Å². The third kappa shape index (κ3) is 5.62. The van der Waals surface area contributed by atoms with Crippen molar-refractivity contribution in [2.24, 2.45) is 0 Å². The van der Waals surface area contributed by atoms with Gasteiger partial charge in [0, 0.05) is 24.7 Å². The maximum Gasteiger partial charge on any atom is 0.494 e. The zero-order valence-electron chi connectivity index (χ0n) is 20.1. The quantitative estimate of drug-likeness (QED) is 0.719. The van der Waals surface area contributed by atoms with Crippen LogP contribution >= 0.6 is 0 Å². The highest BCUT2D eigenvalue weighted by atomic mass is 19.1. The molecule has 1 aromatic carbocycles. The summed E-state index contributed by atoms with van der Waals surface area (Å²) in [5, 5.41) is 2.83. The molecule has 1 N–H and O–H groups in total. The van der Waals surface area contributed by atoms with E-state index in [9.17, 15) is 14.0 Å². The molecule has 0 saturated carbocycles. The summed E-state index contributed by atoms with van der Waals surface area (Å²) < 4.78 is 31.8. The normalized spacial score (nSPS) is 22.6. The average Bonchev–Trinajstić information content (AvgIpc) is 2.86. The summed E-state index contributed by atoms with van der Waals surface area (Å²) in [5.41, 5.74) is -1.04. The first-order valence-corrected chi connectivity index (χ1v) is 11.1. The molecule has 9 heteroatoms. The summed E-state index contributed by atoms with van der Waals surface area (Å²) in [6.07, 6.45) is 0.960. The summed E-state index contributed by atoms with van der Waals surface area (Å²) in [7, 11) is -0.759. The van der Waals surface area contributed by atoms with Crippen molar-refractivity contribution in [3.8, 4) is 0 Å². The molecular weight excluding hydrogens is 414 g/mol. The van der Waals surface area contributed by atoms with Crippen molar-refractivity contribution >= 4 is 24.6 Å². The molecule has 1 atom stereocenters. The minimum absolute atomic E-state index is 0.223. The fourth-order valence-electron chi connectivity index (χ4n) is 3.79. The molecule has 0 radical (unpaired) electrons. The van der Waals surface area contributed by atoms with Crippen molar-refractivity contribution in [2.45, 2.75) is 84.2 Å². The lowest BCUT2D eigenvalue weighted by Crippen LogP contribution is -2.50. The predicted octanol–water partition coefficient (Wildman–Crippen LogP) is 3.25. The number of halogens is 1. The number of alkyl carbamates (subject to hydrolysis) is 1. The van der Waals surface area contributed by atoms with Crippen molar-refractivity contribution in [1.82, 2.24) is 10.2 Å². The number of ether oxygens (including phenoxy) is 1. The number of likely N-dealkylation sites (tertiary alicyclic amines) is 1. The molecule has 0 aromatic heterocycles. The Bertz CT molecular complexity index is 868. The van der Waals surface area contributed by atoms with Crippen molar-refractivity contribution in [2.75, 3.05) is 13.1 Å². The van der Waals surface area contributed by atoms with Crippen LogP contribution in [0, 0.1) is 5.82 Å². The Balaban J connectivity index is 1.72. The number of carbonyl (C=O) groups excluding carboxylic acids is 2. The highest BCUT2D eigenvalue weighted by Gasteiger charge is 2.52. The van der Waals surface area contributed by atoms with E-state index >= 15 is 0 Å². The van der Waals surface area contributed by atoms with Crippen LogP contribution in [0.3, 0.4) is 0 Å². The van der Waals surface area contributed by atoms with Gasteiger partial charge in [0.2, 0.25) is 0 Å². The smallest absolute Gasteiger partial charge is 0.444 e. The molecule has 32 heavy (non-hydrogen) atoms. The molecule has 2 heterocycles. The standard InChI is InChI=1S/C23H34BFN2O5/c1-21(2,3)30-20(29)26-18-9-8-10-27(14-18)19(28)15-11-16(13-17(25)12-15)24-31-22(4,5)23(6,7)32-24/h11-13,18H,8-10,14H2,1-7H3,(H,26,29)/t18-/m0/s1. The summed E-state index contributed by atoms with van der Waals surface area (Å²) >= 11 is 0. The van der Waals surface area contributed by atoms with E-state index < -0.39 is 35.8 Å². The second kappa shape index (κ2) is 8.67. The lowest BCUT2D eigenvalue weighted by molar-refractivity contribution is 0.00578. The van der Waals surface area contributed by atoms with E-state index in [1.165, 1.54) is 12.1 Å². The first-order chi connectivity index (χ1) is 14.7. The minimum Gasteiger partial charge on any atom is -0.444 e. The monoisotopic (exact) mass is 448 g/mol. The minimum atomic E-state index is -0.759. The van der Waals surface area contributed by atoms with Gasteiger partial charge in [0.05, 0.1) is 11.2 Å². The summed E-state index contributed by atoms with van der Waals surface area (Å²) in [4.78, 5) is 26.9. The molecule has 2 fully saturated rings. The van der Waals surface area contributed by atoms with E-state index in [0.717, 1.165) is 12.8 Å². The number of benzene rings is 1. The Kier molecular flexibility index (Phi) is 6.64. The predicted molar refractivity (Wildman–Crippen MR) is 120 cm³/mol. The van der Waals surface area contributed by atoms with Crippen LogP contribution in [0.25, 0.3) is 0 Å². The van der Waals surface area contributed by atoms with Gasteiger partial charge in [-0.15, -0.1) is 0 Å². The third-order valence-electron chi connectivity index (χ3n) is 6.12. The summed E-state index contributed by atoms with van der Waals surface area (Å²) in [5.74, 6) is -0.820. The highest BCUT2D eigenvalue weighted by Crippen LogP contribution is 2.36. The first kappa shape index (κ1) is 24.5. The van der Waals surface area contributed by atoms with E-state index in [1.54, 1.807) is 31.7 Å². The number of hydrogen-bond acceptors (Lipinski definition) is 5. The van der Waals surface area contributed by atoms with Gasteiger partial charge in [0.25, 0.3) is 5.91 Å². The summed E-state index contributed by atoms with van der Waals surface area (Å²) in [6.45, 7) is 13.9. The first-order valence-electron chi connectivity index (χ1n) is 11.1. The number of piperidine rings is 1. The average molecular weight is 448 g/mol. The van der Waals surface area contributed by atoms with Crippen LogP contribution < -0.4 is 10.8 Å². The highest BCUT2D eigenvalue weighted by molar-refractivity contribution is 6.62. The van der Waals surface area contributed by atoms with Crippen LogP contribution in [0.2, 0.25) is 0 Å². The van der Waals surface area contributed by atoms with Gasteiger partial charge < -0.3 is 24.3 Å². The van der Waals surface area contributed by atoms with E-state index in [2.05, 4.69) is 5.32 Å². The lowest BCUT2D eigenvalue weighted by atomic mass is 9.78. The van der Waals surface area contributed by atoms with Crippen LogP contribution in [0.5, 0.6) is 0 Å². The number of nitrogens with one attached hydrogen (secondary N) is 1. The molecule has 2 aliphatic heterocycles. The largest absolute Gasteiger partial charge is 0.494 e. The molecule has 0 spiro atoms. The number of amides is 2. The Morgan fingerprint density at radius 2 is 1.78 bits per heavy atom. The van der Waals surface area contributed by atoms with Crippen molar-refractivity contribution in [3.63, 3.8) is 0 Å². The SMILES string of the molecule is CC(C)(C)OC(=O)N[C@H]1CCCN(C(=O)c2cc(F)cc(B3OC(C)(C)C(C)(C)O3)c2)C1. The fourth-order valence-corrected chi connectivity index (χ4v) is 3.79. The van der Waals surface area contributed by atoms with E-state index in [4.69, 9.17) is 14.0 Å². The molecule has 0 aliphatic carbocycles. The Hall–Kier alpha value is -2.13. The zero-order chi connectivity index (χ0) is 23.9. The lowest BCUT2D eigenvalue weighted by Gasteiger charge is -2.33. The zero-order valence-corrected chi connectivity index (χ0v) is 20.1. The topological polar surface area (TPSA) is 77.1 Å². The molecule has 0 unspecified atom stereocenters. The van der Waals surface area contributed by atoms with Crippen LogP contribution in [0.15, 0.2) is 18.2 Å². The Morgan fingerprint density at radius 1 is 1.16 bits per heavy atom. The van der Waals surface area contributed by atoms with Crippen LogP contribution in [-0.2, 0) is 14.0 Å². The fraction of sp³-hybridized carbons (Fsp3) is 0.652. The number of carbonyl (C=O) groups is 2. The Labute approximate surface area is 190 Å². The maximum atomic E-state index is 14.4. The Morgan fingerprint density at radius 3 is 2.38 bits per heavy atom. The second-order valence-corrected chi connectivity index (χ2v) is 10.6. The number of hydrogen-bond donors (Lipinski definition) is 1. The van der Waals surface area contributed by atoms with Gasteiger partial charge in [-0.3, -0.25) is 4.79 Å². The molecule has 2 saturated heterocycles. The van der Waals surface area contributed by atoms with Gasteiger partial charge in [0.1, 0.15) is 11.4 Å². The molecule has 2 aliphatic rings. The summed E-state index contributed by atoms with van der Waals surface area (Å²) in [6, 6.07) is 3.96. The maximum absolute atomic E-state index is 14.4. The van der Waals surface area contributed by atoms with Crippen LogP contribution in [-0.4, -0.2) is 60.0 Å². The molecule has 1 aromatic rings. The molecule has 176 valence electrons. The van der Waals surface area contributed by atoms with Gasteiger partial charge in [-0.2, -0.15) is 0 Å². The van der Waals surface area contributed by atoms with Crippen LogP contribution in [0.4, 0.5) is 9.18 Å². The van der Waals surface area contributed by atoms with Crippen molar-refractivity contribution < 1.29 is 28.0 Å². The van der Waals surface area contributed by atoms with E-state index in [1.807, 2.05) is 27.7 Å². The molecule has 0 bridgehead atoms. The van der Waals surface area contributed by atoms with Crippen LogP contribution in [0.1, 0.15) is 71.7 Å². The molecule has 7 nitrogen and oxygen atoms in total. The van der Waals surface area contributed by atoms with Gasteiger partial charge in [-0.05, 0) is 85.0 Å². The number of rotatable bonds is 3. The second-order valence-electron chi connectivity index (χ2n) is 10.6. The van der Waals surface area contributed by atoms with Gasteiger partial charge in [0.15, 0.2) is 0 Å². The molecule has 3 rings (SSSR count). The van der Waals surface area contributed by atoms with Gasteiger partial charge in [-0.25, -0.2) is 9.18 Å². The number of nitrogens with zero attached hydrogens (tertiary/aromatic N) is 1. The van der Waals surface area contributed by atoms with Gasteiger partial charge >= 0.3 is 13.2 Å². The van der Waals surface area contributed by atoms with E-state index in [-0.39, 0.29) is 17.5 Å². The van der Waals surface area contributed by atoms with E-state index in [0.29, 0.717) is 18.6 Å².